The SMILES string of the molecule is CCOC(=O)C1=C(C(=O)OCC)C(C(=O)OC)(c2ccccc2)OC1=NC(C)(C)C. The van der Waals surface area contributed by atoms with Crippen LogP contribution in [0.15, 0.2) is 46.5 Å². The van der Waals surface area contributed by atoms with Crippen LogP contribution < -0.4 is 0 Å². The maximum atomic E-state index is 13.1. The molecule has 0 spiro atoms. The van der Waals surface area contributed by atoms with Crippen LogP contribution >= 0.6 is 0 Å². The second kappa shape index (κ2) is 9.11. The van der Waals surface area contributed by atoms with Crippen molar-refractivity contribution in [2.45, 2.75) is 45.8 Å². The highest BCUT2D eigenvalue weighted by molar-refractivity contribution is 6.26. The topological polar surface area (TPSA) is 100 Å². The van der Waals surface area contributed by atoms with E-state index in [1.165, 1.54) is 7.11 Å². The van der Waals surface area contributed by atoms with Crippen LogP contribution in [0.3, 0.4) is 0 Å². The number of benzene rings is 1. The van der Waals surface area contributed by atoms with Gasteiger partial charge in [0.25, 0.3) is 5.60 Å². The van der Waals surface area contributed by atoms with Crippen LogP contribution in [0, 0.1) is 0 Å². The number of esters is 3. The van der Waals surface area contributed by atoms with Gasteiger partial charge >= 0.3 is 17.9 Å². The molecule has 0 N–H and O–H groups in total. The van der Waals surface area contributed by atoms with E-state index < -0.39 is 29.0 Å². The normalized spacial score (nSPS) is 20.0. The summed E-state index contributed by atoms with van der Waals surface area (Å²) < 4.78 is 21.4. The van der Waals surface area contributed by atoms with Crippen molar-refractivity contribution < 1.29 is 33.3 Å². The number of carbonyl (C=O) groups is 3. The molecule has 1 aliphatic rings. The van der Waals surface area contributed by atoms with Crippen LogP contribution in [0.5, 0.6) is 0 Å². The van der Waals surface area contributed by atoms with Gasteiger partial charge in [-0.3, -0.25) is 0 Å². The van der Waals surface area contributed by atoms with Gasteiger partial charge in [-0.1, -0.05) is 30.3 Å². The molecule has 8 nitrogen and oxygen atoms in total. The van der Waals surface area contributed by atoms with Crippen molar-refractivity contribution in [1.29, 1.82) is 0 Å². The van der Waals surface area contributed by atoms with Crippen LogP contribution in [0.1, 0.15) is 40.2 Å². The van der Waals surface area contributed by atoms with Crippen LogP contribution in [-0.2, 0) is 38.9 Å². The van der Waals surface area contributed by atoms with Crippen molar-refractivity contribution in [2.24, 2.45) is 4.99 Å². The number of nitrogens with zero attached hydrogens (tertiary/aromatic N) is 1. The van der Waals surface area contributed by atoms with E-state index in [1.807, 2.05) is 0 Å². The molecule has 0 aromatic heterocycles. The molecular formula is C22H27NO7. The minimum Gasteiger partial charge on any atom is -0.466 e. The van der Waals surface area contributed by atoms with E-state index in [-0.39, 0.29) is 30.3 Å². The van der Waals surface area contributed by atoms with E-state index in [9.17, 15) is 14.4 Å². The number of ether oxygens (including phenoxy) is 4. The summed E-state index contributed by atoms with van der Waals surface area (Å²) in [6, 6.07) is 8.29. The Balaban J connectivity index is 2.96. The van der Waals surface area contributed by atoms with Gasteiger partial charge in [-0.05, 0) is 34.6 Å². The minimum absolute atomic E-state index is 0.0240. The van der Waals surface area contributed by atoms with Gasteiger partial charge in [-0.2, -0.15) is 0 Å². The minimum atomic E-state index is -2.06. The molecule has 0 fully saturated rings. The Morgan fingerprint density at radius 2 is 1.57 bits per heavy atom. The summed E-state index contributed by atoms with van der Waals surface area (Å²) in [5.74, 6) is -2.81. The van der Waals surface area contributed by atoms with Crippen LogP contribution in [-0.4, -0.2) is 49.7 Å². The first kappa shape index (κ1) is 23.1. The molecule has 1 aliphatic heterocycles. The Hall–Kier alpha value is -3.16. The molecule has 0 amide bonds. The third-order valence-corrected chi connectivity index (χ3v) is 4.11. The monoisotopic (exact) mass is 417 g/mol. The average Bonchev–Trinajstić information content (AvgIpc) is 3.02. The lowest BCUT2D eigenvalue weighted by Crippen LogP contribution is -2.42. The molecule has 1 unspecified atom stereocenters. The Labute approximate surface area is 175 Å². The van der Waals surface area contributed by atoms with Crippen molar-refractivity contribution in [3.63, 3.8) is 0 Å². The molecule has 1 heterocycles. The highest BCUT2D eigenvalue weighted by Gasteiger charge is 2.60. The number of methoxy groups -OCH3 is 1. The zero-order valence-electron chi connectivity index (χ0n) is 18.1. The first-order chi connectivity index (χ1) is 14.1. The fourth-order valence-electron chi connectivity index (χ4n) is 3.04. The van der Waals surface area contributed by atoms with E-state index in [0.29, 0.717) is 5.56 Å². The summed E-state index contributed by atoms with van der Waals surface area (Å²) in [7, 11) is 1.17. The van der Waals surface area contributed by atoms with Gasteiger partial charge in [-0.25, -0.2) is 19.4 Å². The highest BCUT2D eigenvalue weighted by Crippen LogP contribution is 2.44. The van der Waals surface area contributed by atoms with Crippen molar-refractivity contribution in [2.75, 3.05) is 20.3 Å². The predicted octanol–water partition coefficient (Wildman–Crippen LogP) is 2.70. The number of aliphatic imine (C=N–C) groups is 1. The Bertz CT molecular complexity index is 880. The fraction of sp³-hybridized carbons (Fsp3) is 0.455. The number of rotatable bonds is 6. The van der Waals surface area contributed by atoms with E-state index >= 15 is 0 Å². The Morgan fingerprint density at radius 1 is 1.00 bits per heavy atom. The van der Waals surface area contributed by atoms with Gasteiger partial charge in [0, 0.05) is 5.56 Å². The molecule has 1 aromatic carbocycles. The summed E-state index contributed by atoms with van der Waals surface area (Å²) in [5.41, 5.74) is -3.02. The lowest BCUT2D eigenvalue weighted by molar-refractivity contribution is -0.160. The largest absolute Gasteiger partial charge is 0.466 e. The van der Waals surface area contributed by atoms with Gasteiger partial charge in [0.2, 0.25) is 5.90 Å². The molecule has 162 valence electrons. The molecule has 1 aromatic rings. The van der Waals surface area contributed by atoms with E-state index in [4.69, 9.17) is 18.9 Å². The molecule has 8 heteroatoms. The third kappa shape index (κ3) is 4.37. The van der Waals surface area contributed by atoms with E-state index in [2.05, 4.69) is 4.99 Å². The van der Waals surface area contributed by atoms with Crippen molar-refractivity contribution in [3.05, 3.63) is 47.0 Å². The van der Waals surface area contributed by atoms with Crippen molar-refractivity contribution in [3.8, 4) is 0 Å². The van der Waals surface area contributed by atoms with Gasteiger partial charge in [0.05, 0.1) is 25.9 Å². The van der Waals surface area contributed by atoms with Gasteiger partial charge < -0.3 is 18.9 Å². The maximum Gasteiger partial charge on any atom is 0.360 e. The molecule has 2 rings (SSSR count). The number of hydrogen-bond acceptors (Lipinski definition) is 8. The maximum absolute atomic E-state index is 13.1. The van der Waals surface area contributed by atoms with Crippen LogP contribution in [0.4, 0.5) is 0 Å². The predicted molar refractivity (Wildman–Crippen MR) is 109 cm³/mol. The quantitative estimate of drug-likeness (QED) is 0.518. The summed E-state index contributed by atoms with van der Waals surface area (Å²) in [5, 5.41) is 0. The summed E-state index contributed by atoms with van der Waals surface area (Å²) >= 11 is 0. The average molecular weight is 417 g/mol. The Morgan fingerprint density at radius 3 is 2.07 bits per heavy atom. The molecule has 0 radical (unpaired) electrons. The second-order valence-electron chi connectivity index (χ2n) is 7.42. The molecule has 0 bridgehead atoms. The summed E-state index contributed by atoms with van der Waals surface area (Å²) in [6.45, 7) is 8.69. The molecule has 0 saturated carbocycles. The summed E-state index contributed by atoms with van der Waals surface area (Å²) in [4.78, 5) is 43.5. The molecule has 30 heavy (non-hydrogen) atoms. The molecule has 0 saturated heterocycles. The van der Waals surface area contributed by atoms with E-state index in [0.717, 1.165) is 0 Å². The highest BCUT2D eigenvalue weighted by atomic mass is 16.6. The van der Waals surface area contributed by atoms with Crippen molar-refractivity contribution in [1.82, 2.24) is 0 Å². The number of carbonyl (C=O) groups excluding carboxylic acids is 3. The zero-order chi connectivity index (χ0) is 22.5. The Kier molecular flexibility index (Phi) is 7.02. The first-order valence-electron chi connectivity index (χ1n) is 9.64. The fourth-order valence-corrected chi connectivity index (χ4v) is 3.04. The molecular weight excluding hydrogens is 390 g/mol. The van der Waals surface area contributed by atoms with Gasteiger partial charge in [-0.15, -0.1) is 0 Å². The van der Waals surface area contributed by atoms with Gasteiger partial charge in [0.15, 0.2) is 0 Å². The van der Waals surface area contributed by atoms with E-state index in [1.54, 1.807) is 65.0 Å². The smallest absolute Gasteiger partial charge is 0.360 e. The number of hydrogen-bond donors (Lipinski definition) is 0. The lowest BCUT2D eigenvalue weighted by Gasteiger charge is -2.28. The standard InChI is InChI=1S/C22H27NO7/c1-7-28-18(24)15-16(19(25)29-8-2)22(20(26)27-6,14-12-10-9-11-13-14)30-17(15)23-21(3,4)5/h9-13H,7-8H2,1-6H3. The first-order valence-corrected chi connectivity index (χ1v) is 9.64. The van der Waals surface area contributed by atoms with Crippen molar-refractivity contribution >= 4 is 23.8 Å². The molecule has 1 atom stereocenters. The molecule has 0 aliphatic carbocycles. The van der Waals surface area contributed by atoms with Crippen LogP contribution in [0.2, 0.25) is 0 Å². The van der Waals surface area contributed by atoms with Gasteiger partial charge in [0.1, 0.15) is 11.1 Å². The summed E-state index contributed by atoms with van der Waals surface area (Å²) in [6.07, 6.45) is 0. The van der Waals surface area contributed by atoms with Crippen LogP contribution in [0.25, 0.3) is 0 Å². The third-order valence-electron chi connectivity index (χ3n) is 4.11. The lowest BCUT2D eigenvalue weighted by atomic mass is 9.84. The zero-order valence-corrected chi connectivity index (χ0v) is 18.1. The second-order valence-corrected chi connectivity index (χ2v) is 7.42.